The summed E-state index contributed by atoms with van der Waals surface area (Å²) in [6.45, 7) is 4.91. The fourth-order valence-electron chi connectivity index (χ4n) is 1.66. The Kier molecular flexibility index (Phi) is 4.38. The van der Waals surface area contributed by atoms with Crippen molar-refractivity contribution in [2.75, 3.05) is 18.4 Å². The normalized spacial score (nSPS) is 24.6. The van der Waals surface area contributed by atoms with Crippen LogP contribution in [-0.4, -0.2) is 40.9 Å². The Balaban J connectivity index is 2.62. The fourth-order valence-corrected chi connectivity index (χ4v) is 2.46. The molecule has 1 fully saturated rings. The SMILES string of the molecule is CC(C)(C)OC(=O)N1CCC(CBr)C(F)(F)C1. The maximum Gasteiger partial charge on any atom is 0.410 e. The number of nitrogens with zero attached hydrogens (tertiary/aromatic N) is 1. The minimum atomic E-state index is -2.85. The highest BCUT2D eigenvalue weighted by Gasteiger charge is 2.45. The lowest BCUT2D eigenvalue weighted by Gasteiger charge is -2.38. The third-order valence-corrected chi connectivity index (χ3v) is 3.37. The quantitative estimate of drug-likeness (QED) is 0.695. The number of piperidine rings is 1. The molecular formula is C11H18BrF2NO2. The van der Waals surface area contributed by atoms with E-state index in [0.29, 0.717) is 6.54 Å². The molecule has 0 aliphatic carbocycles. The van der Waals surface area contributed by atoms with E-state index in [2.05, 4.69) is 15.9 Å². The van der Waals surface area contributed by atoms with Gasteiger partial charge >= 0.3 is 6.09 Å². The number of alkyl halides is 3. The zero-order valence-electron chi connectivity index (χ0n) is 10.3. The lowest BCUT2D eigenvalue weighted by molar-refractivity contribution is -0.102. The number of ether oxygens (including phenoxy) is 1. The number of halogens is 3. The summed E-state index contributed by atoms with van der Waals surface area (Å²) in [6.07, 6.45) is -0.373. The molecule has 0 aromatic heterocycles. The summed E-state index contributed by atoms with van der Waals surface area (Å²) in [4.78, 5) is 12.7. The van der Waals surface area contributed by atoms with Gasteiger partial charge in [-0.05, 0) is 27.2 Å². The number of hydrogen-bond donors (Lipinski definition) is 0. The van der Waals surface area contributed by atoms with Gasteiger partial charge in [-0.2, -0.15) is 0 Å². The van der Waals surface area contributed by atoms with Gasteiger partial charge in [0.25, 0.3) is 5.92 Å². The van der Waals surface area contributed by atoms with Crippen LogP contribution in [0, 0.1) is 5.92 Å². The van der Waals surface area contributed by atoms with Crippen LogP contribution < -0.4 is 0 Å². The summed E-state index contributed by atoms with van der Waals surface area (Å²) in [7, 11) is 0. The van der Waals surface area contributed by atoms with E-state index >= 15 is 0 Å². The molecule has 3 nitrogen and oxygen atoms in total. The van der Waals surface area contributed by atoms with Crippen molar-refractivity contribution in [3.05, 3.63) is 0 Å². The molecule has 1 atom stereocenters. The second-order valence-electron chi connectivity index (χ2n) is 5.30. The third-order valence-electron chi connectivity index (χ3n) is 2.58. The molecule has 0 aromatic carbocycles. The molecule has 1 amide bonds. The van der Waals surface area contributed by atoms with Crippen molar-refractivity contribution in [3.8, 4) is 0 Å². The molecule has 0 radical (unpaired) electrons. The molecule has 6 heteroatoms. The minimum absolute atomic E-state index is 0.252. The second-order valence-corrected chi connectivity index (χ2v) is 5.95. The van der Waals surface area contributed by atoms with Gasteiger partial charge in [0.05, 0.1) is 6.54 Å². The smallest absolute Gasteiger partial charge is 0.410 e. The Bertz CT molecular complexity index is 292. The Morgan fingerprint density at radius 3 is 2.53 bits per heavy atom. The summed E-state index contributed by atoms with van der Waals surface area (Å²) in [5.74, 6) is -3.56. The van der Waals surface area contributed by atoms with Crippen LogP contribution in [0.4, 0.5) is 13.6 Å². The van der Waals surface area contributed by atoms with E-state index in [9.17, 15) is 13.6 Å². The molecule has 0 bridgehead atoms. The second kappa shape index (κ2) is 5.08. The lowest BCUT2D eigenvalue weighted by Crippen LogP contribution is -2.52. The van der Waals surface area contributed by atoms with E-state index < -0.39 is 30.1 Å². The van der Waals surface area contributed by atoms with Gasteiger partial charge in [0.1, 0.15) is 5.60 Å². The monoisotopic (exact) mass is 313 g/mol. The molecule has 1 heterocycles. The maximum absolute atomic E-state index is 13.6. The Morgan fingerprint density at radius 2 is 2.12 bits per heavy atom. The third kappa shape index (κ3) is 4.08. The zero-order valence-corrected chi connectivity index (χ0v) is 11.9. The van der Waals surface area contributed by atoms with Crippen molar-refractivity contribution in [1.29, 1.82) is 0 Å². The Labute approximate surface area is 109 Å². The van der Waals surface area contributed by atoms with E-state index in [4.69, 9.17) is 4.74 Å². The summed E-state index contributed by atoms with van der Waals surface area (Å²) >= 11 is 3.08. The van der Waals surface area contributed by atoms with Crippen LogP contribution in [0.25, 0.3) is 0 Å². The maximum atomic E-state index is 13.6. The molecule has 0 aromatic rings. The summed E-state index contributed by atoms with van der Waals surface area (Å²) in [6, 6.07) is 0. The minimum Gasteiger partial charge on any atom is -0.444 e. The van der Waals surface area contributed by atoms with Gasteiger partial charge in [0, 0.05) is 17.8 Å². The van der Waals surface area contributed by atoms with Gasteiger partial charge < -0.3 is 9.64 Å². The van der Waals surface area contributed by atoms with Crippen molar-refractivity contribution in [1.82, 2.24) is 4.90 Å². The highest BCUT2D eigenvalue weighted by atomic mass is 79.9. The van der Waals surface area contributed by atoms with Crippen LogP contribution >= 0.6 is 15.9 Å². The van der Waals surface area contributed by atoms with Crippen LogP contribution in [0.15, 0.2) is 0 Å². The molecule has 0 N–H and O–H groups in total. The molecule has 100 valence electrons. The van der Waals surface area contributed by atoms with E-state index in [-0.39, 0.29) is 11.8 Å². The first kappa shape index (κ1) is 14.7. The van der Waals surface area contributed by atoms with Crippen molar-refractivity contribution in [3.63, 3.8) is 0 Å². The average Bonchev–Trinajstić information content (AvgIpc) is 2.13. The molecule has 1 aliphatic rings. The molecule has 1 rings (SSSR count). The van der Waals surface area contributed by atoms with Crippen LogP contribution in [0.5, 0.6) is 0 Å². The predicted molar refractivity (Wildman–Crippen MR) is 64.7 cm³/mol. The molecule has 1 saturated heterocycles. The number of amides is 1. The molecule has 17 heavy (non-hydrogen) atoms. The lowest BCUT2D eigenvalue weighted by atomic mass is 9.95. The van der Waals surface area contributed by atoms with Gasteiger partial charge in [-0.3, -0.25) is 0 Å². The largest absolute Gasteiger partial charge is 0.444 e. The Hall–Kier alpha value is -0.390. The Morgan fingerprint density at radius 1 is 1.53 bits per heavy atom. The summed E-state index contributed by atoms with van der Waals surface area (Å²) in [5, 5.41) is 0.252. The highest BCUT2D eigenvalue weighted by Crippen LogP contribution is 2.34. The van der Waals surface area contributed by atoms with Crippen molar-refractivity contribution < 1.29 is 18.3 Å². The van der Waals surface area contributed by atoms with Crippen molar-refractivity contribution in [2.24, 2.45) is 5.92 Å². The molecular weight excluding hydrogens is 296 g/mol. The first-order valence-electron chi connectivity index (χ1n) is 5.57. The molecule has 1 aliphatic heterocycles. The van der Waals surface area contributed by atoms with Crippen LogP contribution in [-0.2, 0) is 4.74 Å². The van der Waals surface area contributed by atoms with E-state index in [0.717, 1.165) is 4.90 Å². The van der Waals surface area contributed by atoms with Crippen LogP contribution in [0.3, 0.4) is 0 Å². The number of rotatable bonds is 1. The van der Waals surface area contributed by atoms with E-state index in [1.54, 1.807) is 20.8 Å². The summed E-state index contributed by atoms with van der Waals surface area (Å²) < 4.78 is 32.3. The van der Waals surface area contributed by atoms with Gasteiger partial charge in [-0.1, -0.05) is 15.9 Å². The zero-order chi connectivity index (χ0) is 13.3. The standard InChI is InChI=1S/C11H18BrF2NO2/c1-10(2,3)17-9(16)15-5-4-8(6-12)11(13,14)7-15/h8H,4-7H2,1-3H3. The van der Waals surface area contributed by atoms with Gasteiger partial charge in [0.15, 0.2) is 0 Å². The molecule has 1 unspecified atom stereocenters. The molecule has 0 saturated carbocycles. The number of likely N-dealkylation sites (tertiary alicyclic amines) is 1. The van der Waals surface area contributed by atoms with Gasteiger partial charge in [-0.25, -0.2) is 13.6 Å². The van der Waals surface area contributed by atoms with E-state index in [1.165, 1.54) is 0 Å². The van der Waals surface area contributed by atoms with Crippen molar-refractivity contribution >= 4 is 22.0 Å². The predicted octanol–water partition coefficient (Wildman–Crippen LogP) is 3.27. The fraction of sp³-hybridized carbons (Fsp3) is 0.909. The molecule has 0 spiro atoms. The van der Waals surface area contributed by atoms with Gasteiger partial charge in [0.2, 0.25) is 0 Å². The average molecular weight is 314 g/mol. The number of carbonyl (C=O) groups is 1. The first-order valence-corrected chi connectivity index (χ1v) is 6.69. The van der Waals surface area contributed by atoms with Crippen LogP contribution in [0.1, 0.15) is 27.2 Å². The van der Waals surface area contributed by atoms with Crippen molar-refractivity contribution in [2.45, 2.75) is 38.7 Å². The topological polar surface area (TPSA) is 29.5 Å². The number of carbonyl (C=O) groups excluding carboxylic acids is 1. The van der Waals surface area contributed by atoms with Gasteiger partial charge in [-0.15, -0.1) is 0 Å². The summed E-state index contributed by atoms with van der Waals surface area (Å²) in [5.41, 5.74) is -0.654. The van der Waals surface area contributed by atoms with E-state index in [1.807, 2.05) is 0 Å². The van der Waals surface area contributed by atoms with Crippen LogP contribution in [0.2, 0.25) is 0 Å². The number of hydrogen-bond acceptors (Lipinski definition) is 2. The highest BCUT2D eigenvalue weighted by molar-refractivity contribution is 9.09. The first-order chi connectivity index (χ1) is 7.65.